The summed E-state index contributed by atoms with van der Waals surface area (Å²) in [6, 6.07) is 0. The number of aromatic nitrogens is 1. The van der Waals surface area contributed by atoms with Gasteiger partial charge in [-0.05, 0) is 44.5 Å². The van der Waals surface area contributed by atoms with Gasteiger partial charge in [0.25, 0.3) is 0 Å². The number of methoxy groups -OCH3 is 1. The molecule has 0 fully saturated rings. The fraction of sp³-hybridized carbons (Fsp3) is 0.565. The molecule has 0 bridgehead atoms. The average Bonchev–Trinajstić information content (AvgIpc) is 3.13. The summed E-state index contributed by atoms with van der Waals surface area (Å²) < 4.78 is 16.9. The highest BCUT2D eigenvalue weighted by Gasteiger charge is 2.46. The van der Waals surface area contributed by atoms with E-state index < -0.39 is 13.7 Å². The maximum atomic E-state index is 12.5. The molecule has 1 aromatic rings. The third-order valence-corrected chi connectivity index (χ3v) is 9.96. The van der Waals surface area contributed by atoms with Gasteiger partial charge in [0.15, 0.2) is 14.7 Å². The van der Waals surface area contributed by atoms with Crippen molar-refractivity contribution in [1.82, 2.24) is 4.98 Å². The normalized spacial score (nSPS) is 15.3. The summed E-state index contributed by atoms with van der Waals surface area (Å²) in [6.45, 7) is 16.7. The van der Waals surface area contributed by atoms with Crippen molar-refractivity contribution in [2.75, 3.05) is 7.11 Å². The largest absolute Gasteiger partial charge is 0.469 e. The molecule has 29 heavy (non-hydrogen) atoms. The molecule has 0 N–H and O–H groups in total. The molecule has 1 heterocycles. The molecule has 0 amide bonds. The van der Waals surface area contributed by atoms with Crippen molar-refractivity contribution in [3.63, 3.8) is 0 Å². The topological polar surface area (TPSA) is 61.6 Å². The van der Waals surface area contributed by atoms with E-state index in [1.54, 1.807) is 6.20 Å². The molecule has 0 unspecified atom stereocenters. The van der Waals surface area contributed by atoms with E-state index in [1.165, 1.54) is 13.5 Å². The molecule has 1 atom stereocenters. The van der Waals surface area contributed by atoms with Crippen LogP contribution in [0.4, 0.5) is 0 Å². The summed E-state index contributed by atoms with van der Waals surface area (Å²) in [6.07, 6.45) is 13.3. The van der Waals surface area contributed by atoms with Crippen LogP contribution >= 0.6 is 0 Å². The van der Waals surface area contributed by atoms with E-state index in [2.05, 4.69) is 38.8 Å². The van der Waals surface area contributed by atoms with Crippen LogP contribution in [0, 0.1) is 5.41 Å². The van der Waals surface area contributed by atoms with Gasteiger partial charge in [0.2, 0.25) is 0 Å². The van der Waals surface area contributed by atoms with Crippen LogP contribution in [0.5, 0.6) is 0 Å². The van der Waals surface area contributed by atoms with E-state index in [0.717, 1.165) is 11.3 Å². The van der Waals surface area contributed by atoms with Crippen LogP contribution in [0.3, 0.4) is 0 Å². The van der Waals surface area contributed by atoms with Crippen LogP contribution in [0.1, 0.15) is 47.3 Å². The fourth-order valence-electron chi connectivity index (χ4n) is 2.62. The van der Waals surface area contributed by atoms with Gasteiger partial charge in [0, 0.05) is 6.42 Å². The summed E-state index contributed by atoms with van der Waals surface area (Å²) in [7, 11) is -0.671. The Hall–Kier alpha value is -1.92. The second kappa shape index (κ2) is 10.2. The first-order valence-electron chi connectivity index (χ1n) is 9.96. The number of carbonyl (C=O) groups is 1. The first kappa shape index (κ1) is 25.1. The highest BCUT2D eigenvalue weighted by Crippen LogP contribution is 2.41. The lowest BCUT2D eigenvalue weighted by Crippen LogP contribution is -2.50. The van der Waals surface area contributed by atoms with Gasteiger partial charge in [0.05, 0.1) is 24.8 Å². The minimum atomic E-state index is -2.09. The van der Waals surface area contributed by atoms with Crippen molar-refractivity contribution in [3.05, 3.63) is 54.3 Å². The Bertz CT molecular complexity index is 737. The number of hydrogen-bond donors (Lipinski definition) is 0. The molecular weight excluding hydrogens is 382 g/mol. The van der Waals surface area contributed by atoms with Crippen molar-refractivity contribution in [2.45, 2.75) is 72.2 Å². The zero-order valence-electron chi connectivity index (χ0n) is 19.4. The first-order chi connectivity index (χ1) is 13.3. The van der Waals surface area contributed by atoms with Gasteiger partial charge in [-0.2, -0.15) is 0 Å². The van der Waals surface area contributed by atoms with E-state index in [1.807, 2.05) is 51.2 Å². The van der Waals surface area contributed by atoms with E-state index >= 15 is 0 Å². The highest BCUT2D eigenvalue weighted by atomic mass is 28.4. The molecule has 6 heteroatoms. The average molecular weight is 420 g/mol. The van der Waals surface area contributed by atoms with Gasteiger partial charge >= 0.3 is 5.97 Å². The first-order valence-corrected chi connectivity index (χ1v) is 12.9. The number of allylic oxidation sites excluding steroid dienone is 5. The number of hydrogen-bond acceptors (Lipinski definition) is 5. The van der Waals surface area contributed by atoms with Gasteiger partial charge in [0.1, 0.15) is 5.76 Å². The molecule has 5 nitrogen and oxygen atoms in total. The standard InChI is InChI=1S/C23H37NO4Si/c1-18(14-12-10-11-13-15-19-16-24-17-27-19)20(23(5,6)21(25)26-7)28-29(8,9)22(2,3)4/h10-14,16-17,20H,15H2,1-9H3/b12-10+,13-11+,18-14-/t20-/m1/s1. The Morgan fingerprint density at radius 1 is 1.21 bits per heavy atom. The molecule has 1 rings (SSSR count). The van der Waals surface area contributed by atoms with E-state index in [9.17, 15) is 4.79 Å². The number of carbonyl (C=O) groups excluding carboxylic acids is 1. The quantitative estimate of drug-likeness (QED) is 0.285. The molecule has 0 aliphatic carbocycles. The molecule has 0 radical (unpaired) electrons. The maximum absolute atomic E-state index is 12.5. The summed E-state index contributed by atoms with van der Waals surface area (Å²) in [4.78, 5) is 16.4. The number of nitrogens with zero attached hydrogens (tertiary/aromatic N) is 1. The SMILES string of the molecule is COC(=O)C(C)(C)[C@H](O[Si](C)(C)C(C)(C)C)\C(C)=C/C=C/C=C/Cc1cnco1. The summed E-state index contributed by atoms with van der Waals surface area (Å²) in [5.41, 5.74) is 0.200. The molecule has 162 valence electrons. The Morgan fingerprint density at radius 2 is 1.86 bits per heavy atom. The fourth-order valence-corrected chi connectivity index (χ4v) is 4.04. The predicted octanol–water partition coefficient (Wildman–Crippen LogP) is 5.87. The molecule has 0 spiro atoms. The molecule has 0 saturated heterocycles. The van der Waals surface area contributed by atoms with Crippen LogP contribution in [0.15, 0.2) is 53.0 Å². The Kier molecular flexibility index (Phi) is 8.84. The van der Waals surface area contributed by atoms with Gasteiger partial charge < -0.3 is 13.6 Å². The van der Waals surface area contributed by atoms with Crippen molar-refractivity contribution in [2.24, 2.45) is 5.41 Å². The van der Waals surface area contributed by atoms with Crippen LogP contribution in [-0.4, -0.2) is 32.5 Å². The summed E-state index contributed by atoms with van der Waals surface area (Å²) in [5.74, 6) is 0.550. The van der Waals surface area contributed by atoms with Crippen molar-refractivity contribution < 1.29 is 18.4 Å². The Balaban J connectivity index is 3.01. The third kappa shape index (κ3) is 7.12. The van der Waals surface area contributed by atoms with Crippen LogP contribution in [-0.2, 0) is 20.4 Å². The van der Waals surface area contributed by atoms with Crippen molar-refractivity contribution >= 4 is 14.3 Å². The summed E-state index contributed by atoms with van der Waals surface area (Å²) in [5, 5.41) is 0.0387. The lowest BCUT2D eigenvalue weighted by atomic mass is 9.83. The number of ether oxygens (including phenoxy) is 1. The lowest BCUT2D eigenvalue weighted by molar-refractivity contribution is -0.155. The van der Waals surface area contributed by atoms with Crippen LogP contribution in [0.2, 0.25) is 18.1 Å². The molecule has 0 aliphatic heterocycles. The molecular formula is C23H37NO4Si. The van der Waals surface area contributed by atoms with Gasteiger partial charge in [-0.15, -0.1) is 0 Å². The number of rotatable bonds is 9. The van der Waals surface area contributed by atoms with E-state index in [0.29, 0.717) is 6.42 Å². The Labute approximate surface area is 177 Å². The summed E-state index contributed by atoms with van der Waals surface area (Å²) >= 11 is 0. The van der Waals surface area contributed by atoms with Crippen LogP contribution < -0.4 is 0 Å². The minimum Gasteiger partial charge on any atom is -0.469 e. The predicted molar refractivity (Wildman–Crippen MR) is 120 cm³/mol. The van der Waals surface area contributed by atoms with E-state index in [4.69, 9.17) is 13.6 Å². The minimum absolute atomic E-state index is 0.0387. The number of oxazole rings is 1. The van der Waals surface area contributed by atoms with Crippen molar-refractivity contribution in [3.8, 4) is 0 Å². The van der Waals surface area contributed by atoms with Gasteiger partial charge in [-0.3, -0.25) is 4.79 Å². The second-order valence-corrected chi connectivity index (χ2v) is 14.1. The molecule has 0 aliphatic rings. The zero-order valence-corrected chi connectivity index (χ0v) is 20.4. The van der Waals surface area contributed by atoms with Gasteiger partial charge in [-0.1, -0.05) is 51.2 Å². The van der Waals surface area contributed by atoms with Crippen LogP contribution in [0.25, 0.3) is 0 Å². The third-order valence-electron chi connectivity index (χ3n) is 5.52. The lowest BCUT2D eigenvalue weighted by Gasteiger charge is -2.43. The van der Waals surface area contributed by atoms with Gasteiger partial charge in [-0.25, -0.2) is 4.98 Å². The highest BCUT2D eigenvalue weighted by molar-refractivity contribution is 6.74. The zero-order chi connectivity index (χ0) is 22.3. The molecule has 0 aromatic carbocycles. The molecule has 0 saturated carbocycles. The van der Waals surface area contributed by atoms with E-state index in [-0.39, 0.29) is 17.1 Å². The second-order valence-electron chi connectivity index (χ2n) is 9.37. The monoisotopic (exact) mass is 419 g/mol. The smallest absolute Gasteiger partial charge is 0.314 e. The molecule has 1 aromatic heterocycles. The maximum Gasteiger partial charge on any atom is 0.314 e. The van der Waals surface area contributed by atoms with Crippen molar-refractivity contribution in [1.29, 1.82) is 0 Å². The Morgan fingerprint density at radius 3 is 2.38 bits per heavy atom. The number of esters is 1.